The van der Waals surface area contributed by atoms with Crippen molar-refractivity contribution in [3.05, 3.63) is 12.3 Å². The molecule has 0 saturated heterocycles. The zero-order valence-corrected chi connectivity index (χ0v) is 7.16. The minimum Gasteiger partial charge on any atom is -0.489 e. The molecule has 1 rings (SSSR count). The molecule has 13 heavy (non-hydrogen) atoms. The van der Waals surface area contributed by atoms with Gasteiger partial charge in [-0.15, -0.1) is 0 Å². The summed E-state index contributed by atoms with van der Waals surface area (Å²) < 4.78 is 5.03. The van der Waals surface area contributed by atoms with Gasteiger partial charge < -0.3 is 15.8 Å². The maximum Gasteiger partial charge on any atom is 0.261 e. The molecule has 0 fully saturated rings. The minimum atomic E-state index is -0.556. The molecule has 0 spiro atoms. The molecule has 3 N–H and O–H groups in total. The summed E-state index contributed by atoms with van der Waals surface area (Å²) >= 11 is 0. The number of nitrogens with one attached hydrogen (secondary N) is 1. The Morgan fingerprint density at radius 1 is 1.62 bits per heavy atom. The van der Waals surface area contributed by atoms with Crippen LogP contribution in [0, 0.1) is 0 Å². The van der Waals surface area contributed by atoms with Gasteiger partial charge in [-0.05, 0) is 18.9 Å². The highest BCUT2D eigenvalue weighted by Gasteiger charge is 2.19. The van der Waals surface area contributed by atoms with Crippen molar-refractivity contribution >= 4 is 11.8 Å². The van der Waals surface area contributed by atoms with Crippen molar-refractivity contribution < 1.29 is 14.3 Å². The Morgan fingerprint density at radius 3 is 2.92 bits per heavy atom. The van der Waals surface area contributed by atoms with E-state index in [1.165, 1.54) is 6.26 Å². The summed E-state index contributed by atoms with van der Waals surface area (Å²) in [5.74, 6) is -0.845. The lowest BCUT2D eigenvalue weighted by atomic mass is 10.1. The quantitative estimate of drug-likeness (QED) is 0.607. The Labute approximate surface area is 75.9 Å². The summed E-state index contributed by atoms with van der Waals surface area (Å²) in [5, 5.41) is 2.38. The van der Waals surface area contributed by atoms with Crippen LogP contribution in [0.15, 0.2) is 12.3 Å². The van der Waals surface area contributed by atoms with Crippen LogP contribution in [0.2, 0.25) is 0 Å². The fourth-order valence-electron chi connectivity index (χ4n) is 1.02. The highest BCUT2D eigenvalue weighted by Crippen LogP contribution is 2.09. The van der Waals surface area contributed by atoms with Gasteiger partial charge in [0.25, 0.3) is 5.91 Å². The van der Waals surface area contributed by atoms with Crippen LogP contribution >= 0.6 is 0 Å². The van der Waals surface area contributed by atoms with Crippen molar-refractivity contribution in [1.82, 2.24) is 5.32 Å². The van der Waals surface area contributed by atoms with Crippen molar-refractivity contribution in [3.8, 4) is 0 Å². The van der Waals surface area contributed by atoms with Gasteiger partial charge in [-0.25, -0.2) is 0 Å². The molecule has 0 aliphatic carbocycles. The number of carbonyl (C=O) groups is 2. The first-order valence-corrected chi connectivity index (χ1v) is 4.06. The highest BCUT2D eigenvalue weighted by atomic mass is 16.5. The van der Waals surface area contributed by atoms with Crippen molar-refractivity contribution in [2.75, 3.05) is 6.54 Å². The van der Waals surface area contributed by atoms with E-state index in [9.17, 15) is 9.59 Å². The normalized spacial score (nSPS) is 20.5. The largest absolute Gasteiger partial charge is 0.489 e. The summed E-state index contributed by atoms with van der Waals surface area (Å²) in [6.07, 6.45) is 4.32. The molecule has 5 nitrogen and oxygen atoms in total. The van der Waals surface area contributed by atoms with E-state index in [0.29, 0.717) is 6.42 Å². The lowest BCUT2D eigenvalue weighted by Gasteiger charge is -2.17. The molecule has 1 aliphatic heterocycles. The van der Waals surface area contributed by atoms with Crippen LogP contribution in [0.5, 0.6) is 0 Å². The van der Waals surface area contributed by atoms with Gasteiger partial charge in [0.1, 0.15) is 0 Å². The topological polar surface area (TPSA) is 81.4 Å². The van der Waals surface area contributed by atoms with Crippen molar-refractivity contribution in [2.24, 2.45) is 5.73 Å². The monoisotopic (exact) mass is 184 g/mol. The Hall–Kier alpha value is -1.52. The fourth-order valence-corrected chi connectivity index (χ4v) is 1.02. The van der Waals surface area contributed by atoms with Crippen molar-refractivity contribution in [1.29, 1.82) is 0 Å². The van der Waals surface area contributed by atoms with Crippen LogP contribution in [0.4, 0.5) is 0 Å². The zero-order chi connectivity index (χ0) is 9.68. The van der Waals surface area contributed by atoms with Crippen LogP contribution < -0.4 is 11.1 Å². The number of allylic oxidation sites excluding steroid dienone is 1. The summed E-state index contributed by atoms with van der Waals surface area (Å²) in [7, 11) is 0. The molecule has 0 aromatic rings. The van der Waals surface area contributed by atoms with Crippen molar-refractivity contribution in [3.63, 3.8) is 0 Å². The predicted octanol–water partition coefficient (Wildman–Crippen LogP) is -0.719. The van der Waals surface area contributed by atoms with Crippen LogP contribution in [0.3, 0.4) is 0 Å². The standard InChI is InChI=1S/C8H12N2O3/c9-7(11)5-10-8(12)6-3-1-2-4-13-6/h2,4,6H,1,3,5H2,(H2,9,11)(H,10,12). The lowest BCUT2D eigenvalue weighted by Crippen LogP contribution is -2.40. The highest BCUT2D eigenvalue weighted by molar-refractivity contribution is 5.86. The second-order valence-electron chi connectivity index (χ2n) is 2.76. The second-order valence-corrected chi connectivity index (χ2v) is 2.76. The number of hydrogen-bond acceptors (Lipinski definition) is 3. The van der Waals surface area contributed by atoms with Crippen molar-refractivity contribution in [2.45, 2.75) is 18.9 Å². The van der Waals surface area contributed by atoms with Crippen LogP contribution in [0.25, 0.3) is 0 Å². The third-order valence-electron chi connectivity index (χ3n) is 1.66. The molecule has 2 amide bonds. The maximum atomic E-state index is 11.2. The smallest absolute Gasteiger partial charge is 0.261 e. The van der Waals surface area contributed by atoms with Gasteiger partial charge in [-0.1, -0.05) is 0 Å². The molecule has 0 aromatic heterocycles. The Kier molecular flexibility index (Phi) is 3.31. The lowest BCUT2D eigenvalue weighted by molar-refractivity contribution is -0.132. The number of primary amides is 1. The van der Waals surface area contributed by atoms with E-state index in [2.05, 4.69) is 5.32 Å². The number of nitrogens with two attached hydrogens (primary N) is 1. The average Bonchev–Trinajstić information content (AvgIpc) is 2.15. The molecule has 0 radical (unpaired) electrons. The van der Waals surface area contributed by atoms with E-state index in [1.807, 2.05) is 6.08 Å². The molecule has 1 heterocycles. The van der Waals surface area contributed by atoms with Gasteiger partial charge >= 0.3 is 0 Å². The van der Waals surface area contributed by atoms with Gasteiger partial charge in [-0.3, -0.25) is 9.59 Å². The third kappa shape index (κ3) is 3.14. The minimum absolute atomic E-state index is 0.137. The van der Waals surface area contributed by atoms with Crippen LogP contribution in [-0.4, -0.2) is 24.5 Å². The first kappa shape index (κ1) is 9.57. The summed E-state index contributed by atoms with van der Waals surface area (Å²) in [4.78, 5) is 21.6. The van der Waals surface area contributed by atoms with Gasteiger partial charge in [0.15, 0.2) is 6.10 Å². The molecule has 0 aromatic carbocycles. The van der Waals surface area contributed by atoms with E-state index >= 15 is 0 Å². The Bertz CT molecular complexity index is 238. The molecule has 0 saturated carbocycles. The average molecular weight is 184 g/mol. The van der Waals surface area contributed by atoms with Crippen LogP contribution in [-0.2, 0) is 14.3 Å². The van der Waals surface area contributed by atoms with Gasteiger partial charge in [0.05, 0.1) is 12.8 Å². The second kappa shape index (κ2) is 4.49. The molecule has 72 valence electrons. The molecule has 5 heteroatoms. The first-order valence-electron chi connectivity index (χ1n) is 4.06. The number of hydrogen-bond donors (Lipinski definition) is 2. The Balaban J connectivity index is 2.30. The molecule has 0 bridgehead atoms. The molecule has 1 aliphatic rings. The zero-order valence-electron chi connectivity index (χ0n) is 7.16. The van der Waals surface area contributed by atoms with Gasteiger partial charge in [0, 0.05) is 0 Å². The van der Waals surface area contributed by atoms with E-state index in [-0.39, 0.29) is 12.5 Å². The summed E-state index contributed by atoms with van der Waals surface area (Å²) in [6.45, 7) is -0.137. The van der Waals surface area contributed by atoms with E-state index in [1.54, 1.807) is 0 Å². The van der Waals surface area contributed by atoms with Gasteiger partial charge in [-0.2, -0.15) is 0 Å². The number of ether oxygens (including phenoxy) is 1. The first-order chi connectivity index (χ1) is 6.20. The molecule has 1 atom stereocenters. The maximum absolute atomic E-state index is 11.2. The third-order valence-corrected chi connectivity index (χ3v) is 1.66. The molecular weight excluding hydrogens is 172 g/mol. The number of amides is 2. The fraction of sp³-hybridized carbons (Fsp3) is 0.500. The van der Waals surface area contributed by atoms with E-state index in [4.69, 9.17) is 10.5 Å². The van der Waals surface area contributed by atoms with Crippen LogP contribution in [0.1, 0.15) is 12.8 Å². The predicted molar refractivity (Wildman–Crippen MR) is 45.5 cm³/mol. The molecular formula is C8H12N2O3. The SMILES string of the molecule is NC(=O)CNC(=O)C1CCC=CO1. The number of rotatable bonds is 3. The molecule has 1 unspecified atom stereocenters. The number of carbonyl (C=O) groups excluding carboxylic acids is 2. The van der Waals surface area contributed by atoms with E-state index in [0.717, 1.165) is 6.42 Å². The Morgan fingerprint density at radius 2 is 2.38 bits per heavy atom. The summed E-state index contributed by atoms with van der Waals surface area (Å²) in [6, 6.07) is 0. The van der Waals surface area contributed by atoms with E-state index < -0.39 is 12.0 Å². The van der Waals surface area contributed by atoms with Gasteiger partial charge in [0.2, 0.25) is 5.91 Å². The summed E-state index contributed by atoms with van der Waals surface area (Å²) in [5.41, 5.74) is 4.86.